The van der Waals surface area contributed by atoms with Crippen LogP contribution in [0.2, 0.25) is 0 Å². The lowest BCUT2D eigenvalue weighted by Crippen LogP contribution is -1.97. The highest BCUT2D eigenvalue weighted by Gasteiger charge is 2.21. The molecule has 0 aliphatic heterocycles. The predicted octanol–water partition coefficient (Wildman–Crippen LogP) is 3.84. The first-order valence-electron chi connectivity index (χ1n) is 7.96. The second-order valence-corrected chi connectivity index (χ2v) is 5.55. The number of ether oxygens (including phenoxy) is 4. The summed E-state index contributed by atoms with van der Waals surface area (Å²) in [5.41, 5.74) is 1.71. The van der Waals surface area contributed by atoms with Gasteiger partial charge in [0.2, 0.25) is 5.75 Å². The third-order valence-electron chi connectivity index (χ3n) is 4.17. The number of fused-ring (bicyclic) bond motifs is 1. The number of nitrogens with zero attached hydrogens (tertiary/aromatic N) is 2. The van der Waals surface area contributed by atoms with Gasteiger partial charge in [-0.15, -0.1) is 0 Å². The number of aromatic nitrogens is 1. The van der Waals surface area contributed by atoms with Crippen LogP contribution in [0.4, 0.5) is 5.69 Å². The zero-order valence-corrected chi connectivity index (χ0v) is 15.3. The number of hydrogen-bond donors (Lipinski definition) is 0. The molecule has 1 heterocycles. The molecule has 3 aromatic rings. The second-order valence-electron chi connectivity index (χ2n) is 5.55. The second kappa shape index (κ2) is 7.36. The SMILES string of the molecule is COc1cc(-c2ccc3c([N+](=O)[O-])c(OC)ccc3n2)cc(OC)c1OC. The average molecular weight is 370 g/mol. The van der Waals surface area contributed by atoms with E-state index in [1.165, 1.54) is 34.5 Å². The van der Waals surface area contributed by atoms with E-state index in [0.29, 0.717) is 33.8 Å². The molecule has 0 aliphatic rings. The third kappa shape index (κ3) is 3.17. The molecule has 0 unspecified atom stereocenters. The lowest BCUT2D eigenvalue weighted by molar-refractivity contribution is -0.383. The largest absolute Gasteiger partial charge is 0.493 e. The van der Waals surface area contributed by atoms with Gasteiger partial charge >= 0.3 is 5.69 Å². The van der Waals surface area contributed by atoms with Crippen molar-refractivity contribution in [1.82, 2.24) is 4.98 Å². The van der Waals surface area contributed by atoms with Gasteiger partial charge in [0.15, 0.2) is 17.2 Å². The molecule has 0 N–H and O–H groups in total. The monoisotopic (exact) mass is 370 g/mol. The maximum atomic E-state index is 11.4. The van der Waals surface area contributed by atoms with E-state index >= 15 is 0 Å². The quantitative estimate of drug-likeness (QED) is 0.481. The van der Waals surface area contributed by atoms with Crippen LogP contribution in [-0.4, -0.2) is 38.3 Å². The Kier molecular flexibility index (Phi) is 4.98. The lowest BCUT2D eigenvalue weighted by Gasteiger charge is -2.14. The molecule has 8 nitrogen and oxygen atoms in total. The van der Waals surface area contributed by atoms with Gasteiger partial charge in [-0.3, -0.25) is 10.1 Å². The van der Waals surface area contributed by atoms with Gasteiger partial charge in [-0.05, 0) is 36.4 Å². The van der Waals surface area contributed by atoms with Gasteiger partial charge in [-0.1, -0.05) is 0 Å². The summed E-state index contributed by atoms with van der Waals surface area (Å²) in [6.45, 7) is 0. The molecule has 0 saturated heterocycles. The van der Waals surface area contributed by atoms with Crippen molar-refractivity contribution in [3.05, 3.63) is 46.5 Å². The molecule has 27 heavy (non-hydrogen) atoms. The van der Waals surface area contributed by atoms with Crippen LogP contribution in [0.5, 0.6) is 23.0 Å². The minimum Gasteiger partial charge on any atom is -0.493 e. The van der Waals surface area contributed by atoms with E-state index in [1.54, 1.807) is 30.3 Å². The average Bonchev–Trinajstić information content (AvgIpc) is 2.70. The molecule has 0 atom stereocenters. The zero-order valence-electron chi connectivity index (χ0n) is 15.3. The summed E-state index contributed by atoms with van der Waals surface area (Å²) in [6, 6.07) is 10.1. The van der Waals surface area contributed by atoms with E-state index in [0.717, 1.165) is 5.56 Å². The summed E-state index contributed by atoms with van der Waals surface area (Å²) in [5.74, 6) is 1.66. The van der Waals surface area contributed by atoms with E-state index < -0.39 is 4.92 Å². The Labute approximate surface area is 155 Å². The van der Waals surface area contributed by atoms with Gasteiger partial charge in [-0.25, -0.2) is 4.98 Å². The first-order valence-corrected chi connectivity index (χ1v) is 7.96. The van der Waals surface area contributed by atoms with E-state index in [1.807, 2.05) is 0 Å². The number of methoxy groups -OCH3 is 4. The standard InChI is InChI=1S/C19H18N2O6/c1-24-15-8-7-14-12(18(15)21(22)23)5-6-13(20-14)11-9-16(25-2)19(27-4)17(10-11)26-3/h5-10H,1-4H3. The lowest BCUT2D eigenvalue weighted by atomic mass is 10.1. The minimum absolute atomic E-state index is 0.112. The molecular formula is C19H18N2O6. The van der Waals surface area contributed by atoms with Crippen LogP contribution < -0.4 is 18.9 Å². The Morgan fingerprint density at radius 3 is 2.00 bits per heavy atom. The van der Waals surface area contributed by atoms with Crippen LogP contribution in [-0.2, 0) is 0 Å². The van der Waals surface area contributed by atoms with Gasteiger partial charge < -0.3 is 18.9 Å². The maximum absolute atomic E-state index is 11.4. The number of benzene rings is 2. The minimum atomic E-state index is -0.470. The van der Waals surface area contributed by atoms with Crippen LogP contribution >= 0.6 is 0 Å². The Hall–Kier alpha value is -3.55. The summed E-state index contributed by atoms with van der Waals surface area (Å²) in [5, 5.41) is 11.8. The van der Waals surface area contributed by atoms with Crippen LogP contribution in [0, 0.1) is 10.1 Å². The molecule has 0 aliphatic carbocycles. The molecular weight excluding hydrogens is 352 g/mol. The number of nitro groups is 1. The number of nitro benzene ring substituents is 1. The molecule has 0 bridgehead atoms. The van der Waals surface area contributed by atoms with E-state index in [9.17, 15) is 10.1 Å². The van der Waals surface area contributed by atoms with E-state index in [-0.39, 0.29) is 11.4 Å². The summed E-state index contributed by atoms with van der Waals surface area (Å²) in [4.78, 5) is 15.5. The number of hydrogen-bond acceptors (Lipinski definition) is 7. The Bertz CT molecular complexity index is 993. The smallest absolute Gasteiger partial charge is 0.320 e. The fraction of sp³-hybridized carbons (Fsp3) is 0.211. The first kappa shape index (κ1) is 18.2. The van der Waals surface area contributed by atoms with Crippen LogP contribution in [0.1, 0.15) is 0 Å². The van der Waals surface area contributed by atoms with Gasteiger partial charge in [0.05, 0.1) is 50.0 Å². The molecule has 1 aromatic heterocycles. The van der Waals surface area contributed by atoms with Crippen LogP contribution in [0.25, 0.3) is 22.2 Å². The van der Waals surface area contributed by atoms with E-state index in [4.69, 9.17) is 18.9 Å². The maximum Gasteiger partial charge on any atom is 0.320 e. The summed E-state index contributed by atoms with van der Waals surface area (Å²) in [7, 11) is 5.99. The molecule has 0 radical (unpaired) electrons. The highest BCUT2D eigenvalue weighted by Crippen LogP contribution is 2.41. The van der Waals surface area contributed by atoms with Crippen molar-refractivity contribution in [2.45, 2.75) is 0 Å². The van der Waals surface area contributed by atoms with Gasteiger partial charge in [0, 0.05) is 5.56 Å². The number of pyridine rings is 1. The fourth-order valence-electron chi connectivity index (χ4n) is 2.91. The zero-order chi connectivity index (χ0) is 19.6. The highest BCUT2D eigenvalue weighted by molar-refractivity contribution is 5.92. The van der Waals surface area contributed by atoms with Crippen LogP contribution in [0.15, 0.2) is 36.4 Å². The van der Waals surface area contributed by atoms with Gasteiger partial charge in [0.25, 0.3) is 0 Å². The normalized spacial score (nSPS) is 10.5. The topological polar surface area (TPSA) is 93.0 Å². The summed E-state index contributed by atoms with van der Waals surface area (Å²) < 4.78 is 21.2. The van der Waals surface area contributed by atoms with Crippen molar-refractivity contribution in [3.63, 3.8) is 0 Å². The molecule has 0 amide bonds. The summed E-state index contributed by atoms with van der Waals surface area (Å²) >= 11 is 0. The third-order valence-corrected chi connectivity index (χ3v) is 4.17. The van der Waals surface area contributed by atoms with Crippen LogP contribution in [0.3, 0.4) is 0 Å². The van der Waals surface area contributed by atoms with Crippen molar-refractivity contribution < 1.29 is 23.9 Å². The van der Waals surface area contributed by atoms with Crippen molar-refractivity contribution >= 4 is 16.6 Å². The van der Waals surface area contributed by atoms with Crippen molar-refractivity contribution in [3.8, 4) is 34.3 Å². The van der Waals surface area contributed by atoms with E-state index in [2.05, 4.69) is 4.98 Å². The van der Waals surface area contributed by atoms with Crippen molar-refractivity contribution in [2.75, 3.05) is 28.4 Å². The van der Waals surface area contributed by atoms with Gasteiger partial charge in [0.1, 0.15) is 0 Å². The highest BCUT2D eigenvalue weighted by atomic mass is 16.6. The first-order chi connectivity index (χ1) is 13.0. The predicted molar refractivity (Wildman–Crippen MR) is 100 cm³/mol. The van der Waals surface area contributed by atoms with Crippen molar-refractivity contribution in [1.29, 1.82) is 0 Å². The van der Waals surface area contributed by atoms with Crippen molar-refractivity contribution in [2.24, 2.45) is 0 Å². The van der Waals surface area contributed by atoms with Gasteiger partial charge in [-0.2, -0.15) is 0 Å². The molecule has 3 rings (SSSR count). The Morgan fingerprint density at radius 1 is 0.852 bits per heavy atom. The molecule has 8 heteroatoms. The molecule has 0 saturated carbocycles. The molecule has 2 aromatic carbocycles. The molecule has 0 fully saturated rings. The molecule has 0 spiro atoms. The summed E-state index contributed by atoms with van der Waals surface area (Å²) in [6.07, 6.45) is 0. The Morgan fingerprint density at radius 2 is 1.48 bits per heavy atom. The molecule has 140 valence electrons. The Balaban J connectivity index is 2.20. The fourth-order valence-corrected chi connectivity index (χ4v) is 2.91. The number of rotatable bonds is 6.